The van der Waals surface area contributed by atoms with Gasteiger partial charge in [0.05, 0.1) is 11.1 Å². The lowest BCUT2D eigenvalue weighted by Crippen LogP contribution is -2.26. The molecule has 2 rings (SSSR count). The number of ether oxygens (including phenoxy) is 2. The van der Waals surface area contributed by atoms with E-state index >= 15 is 0 Å². The van der Waals surface area contributed by atoms with Crippen LogP contribution in [0.4, 0.5) is 0 Å². The van der Waals surface area contributed by atoms with Crippen molar-refractivity contribution in [3.8, 4) is 0 Å². The minimum atomic E-state index is -0.600. The zero-order valence-corrected chi connectivity index (χ0v) is 13.6. The molecule has 0 atom stereocenters. The van der Waals surface area contributed by atoms with Gasteiger partial charge in [0.15, 0.2) is 0 Å². The molecule has 0 radical (unpaired) electrons. The molecule has 4 nitrogen and oxygen atoms in total. The van der Waals surface area contributed by atoms with E-state index in [0.29, 0.717) is 0 Å². The number of hydrogen-bond donors (Lipinski definition) is 0. The zero-order chi connectivity index (χ0) is 16.2. The van der Waals surface area contributed by atoms with Crippen molar-refractivity contribution in [2.45, 2.75) is 64.6 Å². The van der Waals surface area contributed by atoms with E-state index in [-0.39, 0.29) is 17.2 Å². The molecule has 120 valence electrons. The first-order valence-corrected chi connectivity index (χ1v) is 7.90. The Kier molecular flexibility index (Phi) is 5.22. The third kappa shape index (κ3) is 4.58. The number of esters is 2. The van der Waals surface area contributed by atoms with E-state index in [1.54, 1.807) is 45.0 Å². The monoisotopic (exact) mass is 304 g/mol. The molecule has 4 heteroatoms. The molecule has 1 aromatic carbocycles. The van der Waals surface area contributed by atoms with E-state index in [1.165, 1.54) is 6.42 Å². The maximum Gasteiger partial charge on any atom is 0.339 e. The second-order valence-corrected chi connectivity index (χ2v) is 6.71. The van der Waals surface area contributed by atoms with Gasteiger partial charge in [0.1, 0.15) is 11.7 Å². The molecule has 0 saturated heterocycles. The minimum absolute atomic E-state index is 0.0343. The fourth-order valence-corrected chi connectivity index (χ4v) is 2.57. The molecule has 0 aromatic heterocycles. The molecular weight excluding hydrogens is 280 g/mol. The highest BCUT2D eigenvalue weighted by Gasteiger charge is 2.25. The normalized spacial score (nSPS) is 16.1. The first-order chi connectivity index (χ1) is 10.4. The minimum Gasteiger partial charge on any atom is -0.459 e. The fraction of sp³-hybridized carbons (Fsp3) is 0.556. The third-order valence-electron chi connectivity index (χ3n) is 3.59. The summed E-state index contributed by atoms with van der Waals surface area (Å²) in [7, 11) is 0. The van der Waals surface area contributed by atoms with Gasteiger partial charge in [0, 0.05) is 0 Å². The van der Waals surface area contributed by atoms with Crippen molar-refractivity contribution in [3.05, 3.63) is 35.4 Å². The van der Waals surface area contributed by atoms with Gasteiger partial charge < -0.3 is 9.47 Å². The molecular formula is C18H24O4. The average Bonchev–Trinajstić information content (AvgIpc) is 2.46. The van der Waals surface area contributed by atoms with Gasteiger partial charge in [-0.1, -0.05) is 18.6 Å². The summed E-state index contributed by atoms with van der Waals surface area (Å²) in [5.41, 5.74) is -0.0575. The summed E-state index contributed by atoms with van der Waals surface area (Å²) in [4.78, 5) is 24.6. The van der Waals surface area contributed by atoms with E-state index in [0.717, 1.165) is 25.7 Å². The van der Waals surface area contributed by atoms with Crippen LogP contribution in [0.1, 0.15) is 73.6 Å². The molecule has 1 aliphatic rings. The molecule has 0 N–H and O–H groups in total. The largest absolute Gasteiger partial charge is 0.459 e. The lowest BCUT2D eigenvalue weighted by molar-refractivity contribution is 0.00543. The second-order valence-electron chi connectivity index (χ2n) is 6.71. The van der Waals surface area contributed by atoms with Crippen LogP contribution in [0.3, 0.4) is 0 Å². The van der Waals surface area contributed by atoms with Crippen LogP contribution in [0.2, 0.25) is 0 Å². The smallest absolute Gasteiger partial charge is 0.339 e. The second kappa shape index (κ2) is 6.95. The molecule has 1 aliphatic carbocycles. The predicted molar refractivity (Wildman–Crippen MR) is 83.9 cm³/mol. The van der Waals surface area contributed by atoms with Gasteiger partial charge in [-0.2, -0.15) is 0 Å². The Balaban J connectivity index is 2.13. The van der Waals surface area contributed by atoms with Crippen LogP contribution in [0.25, 0.3) is 0 Å². The molecule has 0 aliphatic heterocycles. The van der Waals surface area contributed by atoms with E-state index in [1.807, 2.05) is 0 Å². The first-order valence-electron chi connectivity index (χ1n) is 7.90. The van der Waals surface area contributed by atoms with Crippen LogP contribution in [-0.4, -0.2) is 23.6 Å². The van der Waals surface area contributed by atoms with Gasteiger partial charge in [0.2, 0.25) is 0 Å². The van der Waals surface area contributed by atoms with E-state index < -0.39 is 17.5 Å². The van der Waals surface area contributed by atoms with Crippen molar-refractivity contribution in [1.82, 2.24) is 0 Å². The number of benzene rings is 1. The highest BCUT2D eigenvalue weighted by molar-refractivity contribution is 6.03. The van der Waals surface area contributed by atoms with E-state index in [9.17, 15) is 9.59 Å². The molecule has 0 heterocycles. The third-order valence-corrected chi connectivity index (χ3v) is 3.59. The number of carbonyl (C=O) groups is 2. The Labute approximate surface area is 131 Å². The van der Waals surface area contributed by atoms with Crippen molar-refractivity contribution in [3.63, 3.8) is 0 Å². The quantitative estimate of drug-likeness (QED) is 0.788. The van der Waals surface area contributed by atoms with E-state index in [2.05, 4.69) is 0 Å². The Morgan fingerprint density at radius 3 is 2.05 bits per heavy atom. The van der Waals surface area contributed by atoms with Gasteiger partial charge >= 0.3 is 11.9 Å². The Morgan fingerprint density at radius 2 is 1.50 bits per heavy atom. The molecule has 22 heavy (non-hydrogen) atoms. The summed E-state index contributed by atoms with van der Waals surface area (Å²) in [6.45, 7) is 5.40. The van der Waals surface area contributed by atoms with E-state index in [4.69, 9.17) is 9.47 Å². The molecule has 1 aromatic rings. The summed E-state index contributed by atoms with van der Waals surface area (Å²) in [5.74, 6) is -0.933. The van der Waals surface area contributed by atoms with Gasteiger partial charge in [-0.3, -0.25) is 0 Å². The lowest BCUT2D eigenvalue weighted by atomic mass is 9.97. The van der Waals surface area contributed by atoms with Crippen molar-refractivity contribution < 1.29 is 19.1 Å². The van der Waals surface area contributed by atoms with Crippen molar-refractivity contribution in [2.24, 2.45) is 0 Å². The van der Waals surface area contributed by atoms with Crippen molar-refractivity contribution in [2.75, 3.05) is 0 Å². The van der Waals surface area contributed by atoms with Crippen LogP contribution >= 0.6 is 0 Å². The van der Waals surface area contributed by atoms with Crippen LogP contribution in [0.5, 0.6) is 0 Å². The summed E-state index contributed by atoms with van der Waals surface area (Å²) >= 11 is 0. The topological polar surface area (TPSA) is 52.6 Å². The van der Waals surface area contributed by atoms with Crippen LogP contribution < -0.4 is 0 Å². The maximum absolute atomic E-state index is 12.4. The number of carbonyl (C=O) groups excluding carboxylic acids is 2. The Hall–Kier alpha value is -1.84. The summed E-state index contributed by atoms with van der Waals surface area (Å²) in [6.07, 6.45) is 5.15. The average molecular weight is 304 g/mol. The van der Waals surface area contributed by atoms with Crippen LogP contribution in [-0.2, 0) is 9.47 Å². The van der Waals surface area contributed by atoms with Crippen molar-refractivity contribution >= 4 is 11.9 Å². The first kappa shape index (κ1) is 16.5. The lowest BCUT2D eigenvalue weighted by Gasteiger charge is -2.23. The number of rotatable bonds is 3. The van der Waals surface area contributed by atoms with Gasteiger partial charge in [-0.15, -0.1) is 0 Å². The Morgan fingerprint density at radius 1 is 0.955 bits per heavy atom. The van der Waals surface area contributed by atoms with Gasteiger partial charge in [-0.05, 0) is 58.6 Å². The SMILES string of the molecule is CC(C)(C)OC(=O)c1ccccc1C(=O)OC1CCCCC1. The van der Waals surface area contributed by atoms with Crippen molar-refractivity contribution in [1.29, 1.82) is 0 Å². The molecule has 0 amide bonds. The fourth-order valence-electron chi connectivity index (χ4n) is 2.57. The highest BCUT2D eigenvalue weighted by Crippen LogP contribution is 2.23. The van der Waals surface area contributed by atoms with Crippen LogP contribution in [0, 0.1) is 0 Å². The predicted octanol–water partition coefficient (Wildman–Crippen LogP) is 4.13. The molecule has 0 unspecified atom stereocenters. The highest BCUT2D eigenvalue weighted by atomic mass is 16.6. The van der Waals surface area contributed by atoms with Crippen LogP contribution in [0.15, 0.2) is 24.3 Å². The standard InChI is InChI=1S/C18H24O4/c1-18(2,3)22-17(20)15-12-8-7-11-14(15)16(19)21-13-9-5-4-6-10-13/h7-8,11-13H,4-6,9-10H2,1-3H3. The molecule has 0 spiro atoms. The Bertz CT molecular complexity index is 536. The summed E-state index contributed by atoms with van der Waals surface area (Å²) < 4.78 is 10.9. The molecule has 0 bridgehead atoms. The van der Waals surface area contributed by atoms with Gasteiger partial charge in [0.25, 0.3) is 0 Å². The summed E-state index contributed by atoms with van der Waals surface area (Å²) in [5, 5.41) is 0. The maximum atomic E-state index is 12.4. The number of hydrogen-bond acceptors (Lipinski definition) is 4. The summed E-state index contributed by atoms with van der Waals surface area (Å²) in [6, 6.07) is 6.66. The zero-order valence-electron chi connectivity index (χ0n) is 13.6. The molecule has 1 fully saturated rings. The molecule has 1 saturated carbocycles. The van der Waals surface area contributed by atoms with Gasteiger partial charge in [-0.25, -0.2) is 9.59 Å².